The zero-order valence-electron chi connectivity index (χ0n) is 18.5. The molecule has 29 heavy (non-hydrogen) atoms. The Hall–Kier alpha value is -2.34. The van der Waals surface area contributed by atoms with Crippen molar-refractivity contribution in [1.82, 2.24) is 20.1 Å². The lowest BCUT2D eigenvalue weighted by Gasteiger charge is -2.32. The molecule has 0 radical (unpaired) electrons. The summed E-state index contributed by atoms with van der Waals surface area (Å²) in [5, 5.41) is 3.57. The molecule has 6 heteroatoms. The minimum absolute atomic E-state index is 0.670. The van der Waals surface area contributed by atoms with Crippen LogP contribution < -0.4 is 5.32 Å². The first-order chi connectivity index (χ1) is 13.9. The topological polar surface area (TPSA) is 56.9 Å². The molecule has 1 fully saturated rings. The van der Waals surface area contributed by atoms with E-state index in [0.717, 1.165) is 56.0 Å². The fraction of sp³-hybridized carbons (Fsp3) is 0.565. The lowest BCUT2D eigenvalue weighted by molar-refractivity contribution is 0.163. The highest BCUT2D eigenvalue weighted by atomic mass is 16.4. The standard InChI is InChI=1S/C23H35N5O/c1-17-6-8-21(9-7-17)15-27(5)23(24-4)25-14-20-10-12-28(13-11-20)16-22-26-18(2)19(3)29-22/h6-9,20H,10-16H2,1-5H3,(H,24,25). The quantitative estimate of drug-likeness (QED) is 0.597. The maximum absolute atomic E-state index is 5.73. The van der Waals surface area contributed by atoms with Gasteiger partial charge in [-0.05, 0) is 58.2 Å². The van der Waals surface area contributed by atoms with E-state index in [9.17, 15) is 0 Å². The van der Waals surface area contributed by atoms with Gasteiger partial charge >= 0.3 is 0 Å². The van der Waals surface area contributed by atoms with Gasteiger partial charge in [0.25, 0.3) is 0 Å². The number of rotatable bonds is 6. The van der Waals surface area contributed by atoms with Crippen molar-refractivity contribution in [3.63, 3.8) is 0 Å². The predicted octanol–water partition coefficient (Wildman–Crippen LogP) is 3.52. The van der Waals surface area contributed by atoms with Crippen LogP contribution in [0.4, 0.5) is 0 Å². The van der Waals surface area contributed by atoms with Crippen LogP contribution in [0.1, 0.15) is 41.3 Å². The Morgan fingerprint density at radius 3 is 2.48 bits per heavy atom. The van der Waals surface area contributed by atoms with Crippen LogP contribution in [0.5, 0.6) is 0 Å². The number of benzene rings is 1. The van der Waals surface area contributed by atoms with Crippen LogP contribution in [-0.4, -0.2) is 54.5 Å². The number of likely N-dealkylation sites (tertiary alicyclic amines) is 1. The highest BCUT2D eigenvalue weighted by Gasteiger charge is 2.21. The maximum Gasteiger partial charge on any atom is 0.208 e. The first-order valence-electron chi connectivity index (χ1n) is 10.6. The smallest absolute Gasteiger partial charge is 0.208 e. The number of oxazole rings is 1. The Labute approximate surface area is 175 Å². The molecule has 0 unspecified atom stereocenters. The minimum Gasteiger partial charge on any atom is -0.444 e. The molecule has 0 aliphatic carbocycles. The van der Waals surface area contributed by atoms with E-state index in [1.54, 1.807) is 0 Å². The lowest BCUT2D eigenvalue weighted by Crippen LogP contribution is -2.43. The third-order valence-corrected chi connectivity index (χ3v) is 5.80. The normalized spacial score (nSPS) is 16.2. The third-order valence-electron chi connectivity index (χ3n) is 5.80. The number of nitrogens with zero attached hydrogens (tertiary/aromatic N) is 4. The van der Waals surface area contributed by atoms with Crippen LogP contribution in [0.3, 0.4) is 0 Å². The number of aliphatic imine (C=N–C) groups is 1. The number of hydrogen-bond acceptors (Lipinski definition) is 4. The molecule has 1 aliphatic heterocycles. The average Bonchev–Trinajstić information content (AvgIpc) is 3.02. The summed E-state index contributed by atoms with van der Waals surface area (Å²) < 4.78 is 5.73. The molecule has 0 spiro atoms. The summed E-state index contributed by atoms with van der Waals surface area (Å²) in [7, 11) is 3.95. The van der Waals surface area contributed by atoms with E-state index in [1.165, 1.54) is 24.0 Å². The SMILES string of the molecule is CN=C(NCC1CCN(Cc2nc(C)c(C)o2)CC1)N(C)Cc1ccc(C)cc1. The molecule has 158 valence electrons. The summed E-state index contributed by atoms with van der Waals surface area (Å²) in [5.74, 6) is 3.40. The van der Waals surface area contributed by atoms with Gasteiger partial charge in [0.15, 0.2) is 5.96 Å². The molecule has 0 amide bonds. The Morgan fingerprint density at radius 1 is 1.21 bits per heavy atom. The molecular weight excluding hydrogens is 362 g/mol. The van der Waals surface area contributed by atoms with Crippen molar-refractivity contribution in [2.75, 3.05) is 33.7 Å². The molecule has 2 heterocycles. The van der Waals surface area contributed by atoms with Crippen molar-refractivity contribution in [3.05, 3.63) is 52.7 Å². The van der Waals surface area contributed by atoms with E-state index < -0.39 is 0 Å². The zero-order valence-corrected chi connectivity index (χ0v) is 18.5. The van der Waals surface area contributed by atoms with Gasteiger partial charge in [-0.2, -0.15) is 0 Å². The fourth-order valence-corrected chi connectivity index (χ4v) is 3.81. The zero-order chi connectivity index (χ0) is 20.8. The number of aryl methyl sites for hydroxylation is 3. The van der Waals surface area contributed by atoms with Crippen molar-refractivity contribution >= 4 is 5.96 Å². The molecule has 0 saturated carbocycles. The van der Waals surface area contributed by atoms with Crippen LogP contribution in [0.25, 0.3) is 0 Å². The van der Waals surface area contributed by atoms with E-state index in [2.05, 4.69) is 63.3 Å². The first kappa shape index (κ1) is 21.4. The highest BCUT2D eigenvalue weighted by molar-refractivity contribution is 5.79. The summed E-state index contributed by atoms with van der Waals surface area (Å²) >= 11 is 0. The fourth-order valence-electron chi connectivity index (χ4n) is 3.81. The maximum atomic E-state index is 5.73. The molecule has 6 nitrogen and oxygen atoms in total. The molecular formula is C23H35N5O. The molecule has 0 bridgehead atoms. The van der Waals surface area contributed by atoms with Gasteiger partial charge in [0.1, 0.15) is 5.76 Å². The van der Waals surface area contributed by atoms with Crippen molar-refractivity contribution in [1.29, 1.82) is 0 Å². The second-order valence-corrected chi connectivity index (χ2v) is 8.24. The van der Waals surface area contributed by atoms with Crippen LogP contribution in [0, 0.1) is 26.7 Å². The van der Waals surface area contributed by atoms with Crippen molar-refractivity contribution < 1.29 is 4.42 Å². The molecule has 0 atom stereocenters. The average molecular weight is 398 g/mol. The highest BCUT2D eigenvalue weighted by Crippen LogP contribution is 2.19. The van der Waals surface area contributed by atoms with E-state index in [1.807, 2.05) is 20.9 Å². The molecule has 1 saturated heterocycles. The van der Waals surface area contributed by atoms with Crippen molar-refractivity contribution in [2.45, 2.75) is 46.7 Å². The Kier molecular flexibility index (Phi) is 7.31. The van der Waals surface area contributed by atoms with E-state index >= 15 is 0 Å². The van der Waals surface area contributed by atoms with E-state index in [-0.39, 0.29) is 0 Å². The molecule has 2 aromatic rings. The van der Waals surface area contributed by atoms with E-state index in [0.29, 0.717) is 5.92 Å². The van der Waals surface area contributed by atoms with Gasteiger partial charge in [0.2, 0.25) is 5.89 Å². The Balaban J connectivity index is 1.41. The van der Waals surface area contributed by atoms with Gasteiger partial charge in [-0.1, -0.05) is 29.8 Å². The third kappa shape index (κ3) is 6.07. The molecule has 1 aromatic carbocycles. The minimum atomic E-state index is 0.670. The molecule has 1 N–H and O–H groups in total. The van der Waals surface area contributed by atoms with Crippen LogP contribution in [0.2, 0.25) is 0 Å². The van der Waals surface area contributed by atoms with Gasteiger partial charge in [-0.3, -0.25) is 9.89 Å². The molecule has 1 aromatic heterocycles. The number of nitrogens with one attached hydrogen (secondary N) is 1. The van der Waals surface area contributed by atoms with Gasteiger partial charge in [0.05, 0.1) is 12.2 Å². The summed E-state index contributed by atoms with van der Waals surface area (Å²) in [6.45, 7) is 10.9. The number of hydrogen-bond donors (Lipinski definition) is 1. The van der Waals surface area contributed by atoms with Gasteiger partial charge in [0, 0.05) is 27.2 Å². The summed E-state index contributed by atoms with van der Waals surface area (Å²) in [5.41, 5.74) is 3.59. The van der Waals surface area contributed by atoms with Crippen LogP contribution in [0.15, 0.2) is 33.7 Å². The van der Waals surface area contributed by atoms with Gasteiger partial charge in [-0.15, -0.1) is 0 Å². The predicted molar refractivity (Wildman–Crippen MR) is 118 cm³/mol. The van der Waals surface area contributed by atoms with Crippen molar-refractivity contribution in [2.24, 2.45) is 10.9 Å². The van der Waals surface area contributed by atoms with Crippen LogP contribution >= 0.6 is 0 Å². The summed E-state index contributed by atoms with van der Waals surface area (Å²) in [6.07, 6.45) is 2.37. The molecule has 1 aliphatic rings. The number of piperidine rings is 1. The number of guanidine groups is 1. The monoisotopic (exact) mass is 397 g/mol. The second-order valence-electron chi connectivity index (χ2n) is 8.24. The van der Waals surface area contributed by atoms with E-state index in [4.69, 9.17) is 4.42 Å². The lowest BCUT2D eigenvalue weighted by atomic mass is 9.97. The largest absolute Gasteiger partial charge is 0.444 e. The van der Waals surface area contributed by atoms with Gasteiger partial charge in [-0.25, -0.2) is 4.98 Å². The number of aromatic nitrogens is 1. The Morgan fingerprint density at radius 2 is 1.90 bits per heavy atom. The van der Waals surface area contributed by atoms with Gasteiger partial charge < -0.3 is 14.6 Å². The second kappa shape index (κ2) is 9.92. The summed E-state index contributed by atoms with van der Waals surface area (Å²) in [4.78, 5) is 13.6. The summed E-state index contributed by atoms with van der Waals surface area (Å²) in [6, 6.07) is 8.69. The first-order valence-corrected chi connectivity index (χ1v) is 10.6. The Bertz CT molecular complexity index is 784. The van der Waals surface area contributed by atoms with Crippen molar-refractivity contribution in [3.8, 4) is 0 Å². The molecule has 3 rings (SSSR count). The van der Waals surface area contributed by atoms with Crippen LogP contribution in [-0.2, 0) is 13.1 Å².